The van der Waals surface area contributed by atoms with E-state index in [2.05, 4.69) is 15.4 Å². The molecule has 2 N–H and O–H groups in total. The third-order valence-corrected chi connectivity index (χ3v) is 3.34. The van der Waals surface area contributed by atoms with Crippen LogP contribution in [0.15, 0.2) is 48.5 Å². The maximum absolute atomic E-state index is 12.6. The number of carboxylic acids is 1. The van der Waals surface area contributed by atoms with Gasteiger partial charge in [-0.1, -0.05) is 34.6 Å². The van der Waals surface area contributed by atoms with Crippen molar-refractivity contribution < 1.29 is 27.8 Å². The number of rotatable bonds is 4. The van der Waals surface area contributed by atoms with E-state index in [9.17, 15) is 18.0 Å². The number of aromatic amines is 1. The molecule has 9 heteroatoms. The van der Waals surface area contributed by atoms with E-state index in [1.165, 1.54) is 12.1 Å². The molecule has 0 atom stereocenters. The van der Waals surface area contributed by atoms with Gasteiger partial charge in [0.15, 0.2) is 0 Å². The molecule has 0 amide bonds. The number of H-pyrrole nitrogens is 1. The highest BCUT2D eigenvalue weighted by Gasteiger charge is 2.29. The molecule has 6 nitrogen and oxygen atoms in total. The molecular formula is C16H10F3N3O3. The van der Waals surface area contributed by atoms with Crippen molar-refractivity contribution in [2.24, 2.45) is 0 Å². The second kappa shape index (κ2) is 6.27. The van der Waals surface area contributed by atoms with Gasteiger partial charge in [0.2, 0.25) is 5.69 Å². The van der Waals surface area contributed by atoms with Crippen LogP contribution in [0, 0.1) is 0 Å². The van der Waals surface area contributed by atoms with Crippen molar-refractivity contribution in [3.8, 4) is 22.8 Å². The molecule has 0 spiro atoms. The van der Waals surface area contributed by atoms with Gasteiger partial charge in [0, 0.05) is 0 Å². The molecule has 0 aliphatic carbocycles. The van der Waals surface area contributed by atoms with E-state index >= 15 is 0 Å². The Morgan fingerprint density at radius 1 is 1.00 bits per heavy atom. The van der Waals surface area contributed by atoms with E-state index in [-0.39, 0.29) is 11.6 Å². The first-order valence-electron chi connectivity index (χ1n) is 6.94. The van der Waals surface area contributed by atoms with Gasteiger partial charge in [-0.2, -0.15) is 13.2 Å². The van der Waals surface area contributed by atoms with Gasteiger partial charge in [0.1, 0.15) is 5.75 Å². The van der Waals surface area contributed by atoms with E-state index in [4.69, 9.17) is 9.84 Å². The molecule has 0 fully saturated rings. The Hall–Kier alpha value is -3.36. The molecule has 2 aromatic carbocycles. The standard InChI is InChI=1S/C16H10F3N3O3/c17-16(18,19)11-5-1-9(2-6-11)10-3-7-12(8-4-10)25-14-13(15(23)24)20-22-21-14/h1-8H,(H,23,24)(H,20,21,22). The lowest BCUT2D eigenvalue weighted by molar-refractivity contribution is -0.137. The van der Waals surface area contributed by atoms with Gasteiger partial charge in [-0.3, -0.25) is 0 Å². The van der Waals surface area contributed by atoms with Crippen LogP contribution < -0.4 is 4.74 Å². The maximum Gasteiger partial charge on any atom is 0.416 e. The van der Waals surface area contributed by atoms with E-state index in [0.717, 1.165) is 12.1 Å². The van der Waals surface area contributed by atoms with Gasteiger partial charge in [0.05, 0.1) is 5.56 Å². The Kier molecular flexibility index (Phi) is 4.14. The number of aromatic nitrogens is 3. The highest BCUT2D eigenvalue weighted by molar-refractivity contribution is 5.87. The highest BCUT2D eigenvalue weighted by Crippen LogP contribution is 2.31. The summed E-state index contributed by atoms with van der Waals surface area (Å²) >= 11 is 0. The van der Waals surface area contributed by atoms with Crippen molar-refractivity contribution in [3.63, 3.8) is 0 Å². The number of hydrogen-bond acceptors (Lipinski definition) is 4. The number of nitrogens with zero attached hydrogens (tertiary/aromatic N) is 2. The summed E-state index contributed by atoms with van der Waals surface area (Å²) in [4.78, 5) is 10.9. The molecule has 0 aliphatic heterocycles. The fourth-order valence-corrected chi connectivity index (χ4v) is 2.11. The van der Waals surface area contributed by atoms with E-state index in [1.54, 1.807) is 24.3 Å². The number of hydrogen-bond donors (Lipinski definition) is 2. The second-order valence-electron chi connectivity index (χ2n) is 5.00. The number of halogens is 3. The molecule has 0 radical (unpaired) electrons. The molecule has 128 valence electrons. The summed E-state index contributed by atoms with van der Waals surface area (Å²) < 4.78 is 43.0. The van der Waals surface area contributed by atoms with Crippen molar-refractivity contribution in [3.05, 3.63) is 59.8 Å². The van der Waals surface area contributed by atoms with Crippen LogP contribution in [0.1, 0.15) is 16.1 Å². The van der Waals surface area contributed by atoms with E-state index in [1.807, 2.05) is 0 Å². The molecule has 0 unspecified atom stereocenters. The lowest BCUT2D eigenvalue weighted by Gasteiger charge is -2.08. The van der Waals surface area contributed by atoms with Gasteiger partial charge < -0.3 is 9.84 Å². The zero-order valence-corrected chi connectivity index (χ0v) is 12.4. The molecule has 3 aromatic rings. The van der Waals surface area contributed by atoms with Gasteiger partial charge in [-0.15, -0.1) is 0 Å². The monoisotopic (exact) mass is 349 g/mol. The molecular weight excluding hydrogens is 339 g/mol. The summed E-state index contributed by atoms with van der Waals surface area (Å²) in [5.41, 5.74) is 0.280. The molecule has 0 bridgehead atoms. The van der Waals surface area contributed by atoms with Crippen molar-refractivity contribution >= 4 is 5.97 Å². The fraction of sp³-hybridized carbons (Fsp3) is 0.0625. The lowest BCUT2D eigenvalue weighted by Crippen LogP contribution is -2.03. The summed E-state index contributed by atoms with van der Waals surface area (Å²) in [7, 11) is 0. The number of benzene rings is 2. The van der Waals surface area contributed by atoms with Crippen LogP contribution in [0.5, 0.6) is 11.6 Å². The van der Waals surface area contributed by atoms with Crippen molar-refractivity contribution in [2.45, 2.75) is 6.18 Å². The number of alkyl halides is 3. The van der Waals surface area contributed by atoms with Crippen LogP contribution in [0.25, 0.3) is 11.1 Å². The topological polar surface area (TPSA) is 88.1 Å². The molecule has 3 rings (SSSR count). The minimum atomic E-state index is -4.38. The molecule has 0 saturated heterocycles. The molecule has 0 saturated carbocycles. The zero-order valence-electron chi connectivity index (χ0n) is 12.4. The number of carbonyl (C=O) groups is 1. The summed E-state index contributed by atoms with van der Waals surface area (Å²) in [6, 6.07) is 11.1. The third kappa shape index (κ3) is 3.60. The molecule has 1 heterocycles. The Bertz CT molecular complexity index is 887. The molecule has 25 heavy (non-hydrogen) atoms. The predicted octanol–water partition coefficient (Wildman–Crippen LogP) is 3.98. The zero-order chi connectivity index (χ0) is 18.0. The number of carboxylic acid groups (broad SMARTS) is 1. The predicted molar refractivity (Wildman–Crippen MR) is 80.3 cm³/mol. The van der Waals surface area contributed by atoms with Crippen LogP contribution in [0.4, 0.5) is 13.2 Å². The molecule has 1 aromatic heterocycles. The van der Waals surface area contributed by atoms with Crippen LogP contribution in [0.3, 0.4) is 0 Å². The summed E-state index contributed by atoms with van der Waals surface area (Å²) in [5.74, 6) is -1.14. The summed E-state index contributed by atoms with van der Waals surface area (Å²) in [6.45, 7) is 0. The SMILES string of the molecule is O=C(O)c1[nH]nnc1Oc1ccc(-c2ccc(C(F)(F)F)cc2)cc1. The van der Waals surface area contributed by atoms with Crippen molar-refractivity contribution in [1.82, 2.24) is 15.4 Å². The van der Waals surface area contributed by atoms with Gasteiger partial charge >= 0.3 is 12.1 Å². The number of nitrogens with one attached hydrogen (secondary N) is 1. The minimum absolute atomic E-state index is 0.185. The minimum Gasteiger partial charge on any atom is -0.476 e. The maximum atomic E-state index is 12.6. The first kappa shape index (κ1) is 16.5. The molecule has 0 aliphatic rings. The smallest absolute Gasteiger partial charge is 0.416 e. The number of aromatic carboxylic acids is 1. The Balaban J connectivity index is 1.78. The quantitative estimate of drug-likeness (QED) is 0.744. The van der Waals surface area contributed by atoms with Crippen LogP contribution in [-0.4, -0.2) is 26.5 Å². The van der Waals surface area contributed by atoms with Crippen LogP contribution in [-0.2, 0) is 6.18 Å². The number of ether oxygens (including phenoxy) is 1. The largest absolute Gasteiger partial charge is 0.476 e. The van der Waals surface area contributed by atoms with Crippen molar-refractivity contribution in [1.29, 1.82) is 0 Å². The normalized spacial score (nSPS) is 11.3. The lowest BCUT2D eigenvalue weighted by atomic mass is 10.0. The van der Waals surface area contributed by atoms with Gasteiger partial charge in [0.25, 0.3) is 5.88 Å². The average Bonchev–Trinajstić information content (AvgIpc) is 3.03. The van der Waals surface area contributed by atoms with E-state index < -0.39 is 17.7 Å². The van der Waals surface area contributed by atoms with Gasteiger partial charge in [-0.05, 0) is 35.4 Å². The second-order valence-corrected chi connectivity index (χ2v) is 5.00. The van der Waals surface area contributed by atoms with Crippen molar-refractivity contribution in [2.75, 3.05) is 0 Å². The first-order valence-corrected chi connectivity index (χ1v) is 6.94. The summed E-state index contributed by atoms with van der Waals surface area (Å²) in [6.07, 6.45) is -4.38. The highest BCUT2D eigenvalue weighted by atomic mass is 19.4. The Morgan fingerprint density at radius 2 is 1.56 bits per heavy atom. The van der Waals surface area contributed by atoms with Crippen LogP contribution >= 0.6 is 0 Å². The Labute approximate surface area is 138 Å². The Morgan fingerprint density at radius 3 is 2.08 bits per heavy atom. The van der Waals surface area contributed by atoms with E-state index in [0.29, 0.717) is 16.9 Å². The van der Waals surface area contributed by atoms with Gasteiger partial charge in [-0.25, -0.2) is 9.89 Å². The first-order chi connectivity index (χ1) is 11.8. The summed E-state index contributed by atoms with van der Waals surface area (Å²) in [5, 5.41) is 18.0. The average molecular weight is 349 g/mol. The van der Waals surface area contributed by atoms with Crippen LogP contribution in [0.2, 0.25) is 0 Å². The fourth-order valence-electron chi connectivity index (χ4n) is 2.11. The third-order valence-electron chi connectivity index (χ3n) is 3.34.